The number of rotatable bonds is 1. The van der Waals surface area contributed by atoms with E-state index in [1.807, 2.05) is 30.3 Å². The third kappa shape index (κ3) is 1.82. The van der Waals surface area contributed by atoms with Gasteiger partial charge in [-0.25, -0.2) is 0 Å². The number of thiophene rings is 1. The number of benzene rings is 1. The first-order valence-electron chi connectivity index (χ1n) is 3.60. The van der Waals surface area contributed by atoms with Crippen molar-refractivity contribution in [2.24, 2.45) is 5.73 Å². The summed E-state index contributed by atoms with van der Waals surface area (Å²) in [6.45, 7) is 0. The minimum absolute atomic E-state index is 0. The first-order valence-corrected chi connectivity index (χ1v) is 4.42. The molecule has 0 bridgehead atoms. The van der Waals surface area contributed by atoms with Gasteiger partial charge in [-0.3, -0.25) is 5.41 Å². The molecular weight excluding hydrogens is 204 g/mol. The number of fused-ring (bicyclic) bond motifs is 1. The summed E-state index contributed by atoms with van der Waals surface area (Å²) >= 11 is 1.56. The fourth-order valence-electron chi connectivity index (χ4n) is 1.11. The molecule has 13 heavy (non-hydrogen) atoms. The van der Waals surface area contributed by atoms with E-state index in [-0.39, 0.29) is 18.2 Å². The van der Waals surface area contributed by atoms with Gasteiger partial charge < -0.3 is 5.73 Å². The van der Waals surface area contributed by atoms with E-state index in [2.05, 4.69) is 0 Å². The summed E-state index contributed by atoms with van der Waals surface area (Å²) in [5.74, 6) is 0.149. The number of hydrogen-bond donors (Lipinski definition) is 2. The van der Waals surface area contributed by atoms with E-state index in [1.165, 1.54) is 4.70 Å². The van der Waals surface area contributed by atoms with Crippen molar-refractivity contribution in [3.8, 4) is 0 Å². The van der Waals surface area contributed by atoms with Crippen molar-refractivity contribution < 1.29 is 0 Å². The van der Waals surface area contributed by atoms with Crippen molar-refractivity contribution in [3.63, 3.8) is 0 Å². The van der Waals surface area contributed by atoms with Crippen LogP contribution in [0, 0.1) is 5.41 Å². The average Bonchev–Trinajstić information content (AvgIpc) is 2.46. The lowest BCUT2D eigenvalue weighted by molar-refractivity contribution is 1.46. The fourth-order valence-corrected chi connectivity index (χ4v) is 2.04. The monoisotopic (exact) mass is 212 g/mol. The van der Waals surface area contributed by atoms with Crippen LogP contribution >= 0.6 is 23.7 Å². The summed E-state index contributed by atoms with van der Waals surface area (Å²) in [6.07, 6.45) is 0. The summed E-state index contributed by atoms with van der Waals surface area (Å²) in [5, 5.41) is 8.42. The van der Waals surface area contributed by atoms with Crippen LogP contribution in [0.1, 0.15) is 4.88 Å². The molecule has 0 spiro atoms. The maximum atomic E-state index is 7.26. The number of nitrogens with one attached hydrogen (secondary N) is 1. The highest BCUT2D eigenvalue weighted by Crippen LogP contribution is 2.24. The van der Waals surface area contributed by atoms with Gasteiger partial charge in [-0.15, -0.1) is 23.7 Å². The Kier molecular flexibility index (Phi) is 2.90. The number of nitrogens with two attached hydrogens (primary N) is 1. The summed E-state index contributed by atoms with van der Waals surface area (Å²) < 4.78 is 1.18. The smallest absolute Gasteiger partial charge is 0.133 e. The highest BCUT2D eigenvalue weighted by atomic mass is 35.5. The Morgan fingerprint density at radius 2 is 2.00 bits per heavy atom. The standard InChI is InChI=1S/C9H8N2S.ClH/c10-9(11)8-5-6-3-1-2-4-7(6)12-8;/h1-5H,(H3,10,11);1H. The van der Waals surface area contributed by atoms with Crippen molar-refractivity contribution in [1.82, 2.24) is 0 Å². The predicted molar refractivity (Wildman–Crippen MR) is 60.1 cm³/mol. The van der Waals surface area contributed by atoms with E-state index in [4.69, 9.17) is 11.1 Å². The van der Waals surface area contributed by atoms with Crippen LogP contribution in [0.4, 0.5) is 0 Å². The first kappa shape index (κ1) is 10.0. The van der Waals surface area contributed by atoms with Gasteiger partial charge in [0.25, 0.3) is 0 Å². The molecule has 0 aliphatic carbocycles. The van der Waals surface area contributed by atoms with E-state index in [1.54, 1.807) is 11.3 Å². The zero-order valence-electron chi connectivity index (χ0n) is 6.78. The van der Waals surface area contributed by atoms with Gasteiger partial charge >= 0.3 is 0 Å². The Morgan fingerprint density at radius 3 is 2.62 bits per heavy atom. The number of nitrogen functional groups attached to an aromatic ring is 1. The molecule has 2 aromatic rings. The molecule has 0 aliphatic heterocycles. The number of hydrogen-bond acceptors (Lipinski definition) is 2. The topological polar surface area (TPSA) is 49.9 Å². The molecule has 0 amide bonds. The van der Waals surface area contributed by atoms with Gasteiger partial charge in [0.2, 0.25) is 0 Å². The van der Waals surface area contributed by atoms with Gasteiger partial charge in [0.05, 0.1) is 4.88 Å². The fraction of sp³-hybridized carbons (Fsp3) is 0. The molecule has 0 aliphatic rings. The SMILES string of the molecule is Cl.N=C(N)c1cc2ccccc2s1. The van der Waals surface area contributed by atoms with Crippen molar-refractivity contribution in [1.29, 1.82) is 5.41 Å². The van der Waals surface area contributed by atoms with Gasteiger partial charge in [0, 0.05) is 4.70 Å². The predicted octanol–water partition coefficient (Wildman–Crippen LogP) is 2.61. The summed E-state index contributed by atoms with van der Waals surface area (Å²) in [4.78, 5) is 0.844. The second kappa shape index (κ2) is 3.77. The molecule has 2 nitrogen and oxygen atoms in total. The number of amidine groups is 1. The van der Waals surface area contributed by atoms with Gasteiger partial charge in [-0.1, -0.05) is 18.2 Å². The lowest BCUT2D eigenvalue weighted by Gasteiger charge is -1.85. The molecule has 0 atom stereocenters. The molecule has 0 fully saturated rings. The Hall–Kier alpha value is -1.06. The minimum atomic E-state index is 0. The highest BCUT2D eigenvalue weighted by Gasteiger charge is 2.01. The second-order valence-corrected chi connectivity index (χ2v) is 3.65. The van der Waals surface area contributed by atoms with E-state index < -0.39 is 0 Å². The first-order chi connectivity index (χ1) is 5.77. The molecule has 0 saturated heterocycles. The van der Waals surface area contributed by atoms with E-state index in [0.717, 1.165) is 10.3 Å². The quantitative estimate of drug-likeness (QED) is 0.554. The normalized spacial score (nSPS) is 9.54. The highest BCUT2D eigenvalue weighted by molar-refractivity contribution is 7.20. The Balaban J connectivity index is 0.000000845. The van der Waals surface area contributed by atoms with Crippen LogP contribution < -0.4 is 5.73 Å². The van der Waals surface area contributed by atoms with Crippen LogP contribution in [0.3, 0.4) is 0 Å². The van der Waals surface area contributed by atoms with Gasteiger partial charge in [-0.05, 0) is 17.5 Å². The zero-order valence-corrected chi connectivity index (χ0v) is 8.41. The summed E-state index contributed by atoms with van der Waals surface area (Å²) in [5.41, 5.74) is 5.37. The van der Waals surface area contributed by atoms with E-state index in [0.29, 0.717) is 0 Å². The van der Waals surface area contributed by atoms with E-state index >= 15 is 0 Å². The van der Waals surface area contributed by atoms with Crippen molar-refractivity contribution in [2.45, 2.75) is 0 Å². The largest absolute Gasteiger partial charge is 0.383 e. The maximum absolute atomic E-state index is 7.26. The molecule has 4 heteroatoms. The molecule has 3 N–H and O–H groups in total. The Morgan fingerprint density at radius 1 is 1.31 bits per heavy atom. The van der Waals surface area contributed by atoms with Crippen LogP contribution in [0.15, 0.2) is 30.3 Å². The lowest BCUT2D eigenvalue weighted by atomic mass is 10.2. The lowest BCUT2D eigenvalue weighted by Crippen LogP contribution is -2.08. The summed E-state index contributed by atoms with van der Waals surface area (Å²) in [6, 6.07) is 9.98. The molecule has 1 aromatic carbocycles. The molecule has 0 unspecified atom stereocenters. The van der Waals surface area contributed by atoms with Crippen molar-refractivity contribution >= 4 is 39.7 Å². The zero-order chi connectivity index (χ0) is 8.55. The average molecular weight is 213 g/mol. The molecule has 1 heterocycles. The van der Waals surface area contributed by atoms with Gasteiger partial charge in [-0.2, -0.15) is 0 Å². The summed E-state index contributed by atoms with van der Waals surface area (Å²) in [7, 11) is 0. The van der Waals surface area contributed by atoms with E-state index in [9.17, 15) is 0 Å². The Bertz CT molecular complexity index is 403. The van der Waals surface area contributed by atoms with Crippen LogP contribution in [-0.4, -0.2) is 5.84 Å². The van der Waals surface area contributed by atoms with Crippen LogP contribution in [0.25, 0.3) is 10.1 Å². The van der Waals surface area contributed by atoms with Crippen molar-refractivity contribution in [3.05, 3.63) is 35.2 Å². The molecule has 1 aromatic heterocycles. The maximum Gasteiger partial charge on any atom is 0.133 e. The Labute approximate surface area is 86.3 Å². The van der Waals surface area contributed by atoms with Crippen LogP contribution in [0.2, 0.25) is 0 Å². The van der Waals surface area contributed by atoms with Gasteiger partial charge in [0.15, 0.2) is 0 Å². The third-order valence-electron chi connectivity index (χ3n) is 1.69. The third-order valence-corrected chi connectivity index (χ3v) is 2.84. The van der Waals surface area contributed by atoms with Crippen LogP contribution in [-0.2, 0) is 0 Å². The molecule has 68 valence electrons. The van der Waals surface area contributed by atoms with Gasteiger partial charge in [0.1, 0.15) is 5.84 Å². The van der Waals surface area contributed by atoms with Crippen LogP contribution in [0.5, 0.6) is 0 Å². The molecular formula is C9H9ClN2S. The minimum Gasteiger partial charge on any atom is -0.383 e. The molecule has 2 rings (SSSR count). The molecule has 0 radical (unpaired) electrons. The number of halogens is 1. The molecule has 0 saturated carbocycles. The van der Waals surface area contributed by atoms with Crippen molar-refractivity contribution in [2.75, 3.05) is 0 Å². The second-order valence-electron chi connectivity index (χ2n) is 2.56.